The van der Waals surface area contributed by atoms with Gasteiger partial charge in [-0.3, -0.25) is 0 Å². The summed E-state index contributed by atoms with van der Waals surface area (Å²) in [4.78, 5) is 9.08. The molecule has 1 unspecified atom stereocenters. The SMILES string of the molecule is CC1CN(C)CCCN1c1cccc(/C(N)=N/O)n1. The van der Waals surface area contributed by atoms with E-state index in [-0.39, 0.29) is 5.84 Å². The lowest BCUT2D eigenvalue weighted by atomic mass is 10.2. The molecule has 19 heavy (non-hydrogen) atoms. The minimum atomic E-state index is 0.0430. The lowest BCUT2D eigenvalue weighted by molar-refractivity contribution is 0.318. The highest BCUT2D eigenvalue weighted by Crippen LogP contribution is 2.18. The fraction of sp³-hybridized carbons (Fsp3) is 0.538. The molecule has 0 aromatic carbocycles. The van der Waals surface area contributed by atoms with E-state index in [1.165, 1.54) is 0 Å². The second kappa shape index (κ2) is 5.88. The Labute approximate surface area is 113 Å². The third kappa shape index (κ3) is 3.14. The Morgan fingerprint density at radius 2 is 2.26 bits per heavy atom. The monoisotopic (exact) mass is 263 g/mol. The number of aromatic nitrogens is 1. The molecule has 0 amide bonds. The van der Waals surface area contributed by atoms with Gasteiger partial charge in [0.25, 0.3) is 0 Å². The van der Waals surface area contributed by atoms with Crippen molar-refractivity contribution in [3.8, 4) is 0 Å². The first-order chi connectivity index (χ1) is 9.11. The Kier molecular flexibility index (Phi) is 4.21. The summed E-state index contributed by atoms with van der Waals surface area (Å²) in [5, 5.41) is 11.7. The first-order valence-electron chi connectivity index (χ1n) is 6.52. The van der Waals surface area contributed by atoms with Crippen molar-refractivity contribution < 1.29 is 5.21 Å². The van der Waals surface area contributed by atoms with Gasteiger partial charge in [0, 0.05) is 19.1 Å². The van der Waals surface area contributed by atoms with Gasteiger partial charge in [-0.15, -0.1) is 0 Å². The van der Waals surface area contributed by atoms with Gasteiger partial charge in [-0.25, -0.2) is 4.98 Å². The first-order valence-corrected chi connectivity index (χ1v) is 6.52. The summed E-state index contributed by atoms with van der Waals surface area (Å²) >= 11 is 0. The highest BCUT2D eigenvalue weighted by Gasteiger charge is 2.21. The molecule has 0 bridgehead atoms. The van der Waals surface area contributed by atoms with Crippen molar-refractivity contribution in [3.05, 3.63) is 23.9 Å². The Morgan fingerprint density at radius 3 is 3.00 bits per heavy atom. The summed E-state index contributed by atoms with van der Waals surface area (Å²) in [5.74, 6) is 0.924. The van der Waals surface area contributed by atoms with Crippen molar-refractivity contribution in [2.24, 2.45) is 10.9 Å². The molecule has 1 atom stereocenters. The maximum atomic E-state index is 8.72. The Balaban J connectivity index is 2.25. The number of likely N-dealkylation sites (N-methyl/N-ethyl adjacent to an activating group) is 1. The number of anilines is 1. The van der Waals surface area contributed by atoms with Gasteiger partial charge in [-0.05, 0) is 39.1 Å². The topological polar surface area (TPSA) is 78.0 Å². The number of rotatable bonds is 2. The summed E-state index contributed by atoms with van der Waals surface area (Å²) < 4.78 is 0. The minimum Gasteiger partial charge on any atom is -0.409 e. The molecule has 6 nitrogen and oxygen atoms in total. The minimum absolute atomic E-state index is 0.0430. The molecule has 1 aromatic heterocycles. The van der Waals surface area contributed by atoms with Crippen LogP contribution in [0, 0.1) is 0 Å². The van der Waals surface area contributed by atoms with Crippen LogP contribution in [0.4, 0.5) is 5.82 Å². The van der Waals surface area contributed by atoms with Crippen LogP contribution in [0.5, 0.6) is 0 Å². The average Bonchev–Trinajstić information content (AvgIpc) is 2.58. The largest absolute Gasteiger partial charge is 0.409 e. The van der Waals surface area contributed by atoms with E-state index in [1.807, 2.05) is 12.1 Å². The van der Waals surface area contributed by atoms with Gasteiger partial charge in [0.2, 0.25) is 0 Å². The lowest BCUT2D eigenvalue weighted by Gasteiger charge is -2.29. The first kappa shape index (κ1) is 13.6. The van der Waals surface area contributed by atoms with Crippen molar-refractivity contribution in [2.45, 2.75) is 19.4 Å². The standard InChI is InChI=1S/C13H21N5O/c1-10-9-17(2)7-4-8-18(10)12-6-3-5-11(15-12)13(14)16-19/h3,5-6,10,19H,4,7-9H2,1-2H3,(H2,14,16). The molecule has 104 valence electrons. The van der Waals surface area contributed by atoms with Crippen LogP contribution in [0.25, 0.3) is 0 Å². The third-order valence-electron chi connectivity index (χ3n) is 3.45. The molecule has 0 spiro atoms. The average molecular weight is 263 g/mol. The number of amidine groups is 1. The lowest BCUT2D eigenvalue weighted by Crippen LogP contribution is -2.38. The van der Waals surface area contributed by atoms with Crippen molar-refractivity contribution in [2.75, 3.05) is 31.6 Å². The van der Waals surface area contributed by atoms with Gasteiger partial charge >= 0.3 is 0 Å². The molecular weight excluding hydrogens is 242 g/mol. The fourth-order valence-electron chi connectivity index (χ4n) is 2.49. The molecule has 1 fully saturated rings. The van der Waals surface area contributed by atoms with E-state index >= 15 is 0 Å². The Morgan fingerprint density at radius 1 is 1.47 bits per heavy atom. The van der Waals surface area contributed by atoms with E-state index in [4.69, 9.17) is 10.9 Å². The fourth-order valence-corrected chi connectivity index (χ4v) is 2.49. The van der Waals surface area contributed by atoms with E-state index < -0.39 is 0 Å². The highest BCUT2D eigenvalue weighted by atomic mass is 16.4. The summed E-state index contributed by atoms with van der Waals surface area (Å²) in [5.41, 5.74) is 6.10. The van der Waals surface area contributed by atoms with Gasteiger partial charge in [0.1, 0.15) is 11.5 Å². The number of nitrogens with zero attached hydrogens (tertiary/aromatic N) is 4. The smallest absolute Gasteiger partial charge is 0.188 e. The zero-order valence-corrected chi connectivity index (χ0v) is 11.5. The zero-order chi connectivity index (χ0) is 13.8. The van der Waals surface area contributed by atoms with Crippen molar-refractivity contribution >= 4 is 11.7 Å². The van der Waals surface area contributed by atoms with Crippen LogP contribution in [-0.4, -0.2) is 53.7 Å². The summed E-state index contributed by atoms with van der Waals surface area (Å²) in [6.45, 7) is 5.27. The van der Waals surface area contributed by atoms with Gasteiger partial charge in [-0.2, -0.15) is 0 Å². The molecule has 0 radical (unpaired) electrons. The molecule has 0 aliphatic carbocycles. The molecule has 1 aromatic rings. The van der Waals surface area contributed by atoms with Crippen LogP contribution < -0.4 is 10.6 Å². The Bertz CT molecular complexity index is 462. The van der Waals surface area contributed by atoms with Crippen LogP contribution in [0.3, 0.4) is 0 Å². The maximum absolute atomic E-state index is 8.72. The summed E-state index contributed by atoms with van der Waals surface area (Å²) in [6, 6.07) is 5.99. The molecule has 1 saturated heterocycles. The second-order valence-corrected chi connectivity index (χ2v) is 5.02. The van der Waals surface area contributed by atoms with E-state index in [9.17, 15) is 0 Å². The molecular formula is C13H21N5O. The molecule has 6 heteroatoms. The van der Waals surface area contributed by atoms with E-state index in [1.54, 1.807) is 6.07 Å². The van der Waals surface area contributed by atoms with Crippen LogP contribution in [-0.2, 0) is 0 Å². The summed E-state index contributed by atoms with van der Waals surface area (Å²) in [6.07, 6.45) is 1.11. The molecule has 2 rings (SSSR count). The van der Waals surface area contributed by atoms with Crippen molar-refractivity contribution in [1.29, 1.82) is 0 Å². The van der Waals surface area contributed by atoms with Crippen LogP contribution in [0.2, 0.25) is 0 Å². The number of hydrogen-bond acceptors (Lipinski definition) is 5. The number of oxime groups is 1. The maximum Gasteiger partial charge on any atom is 0.188 e. The van der Waals surface area contributed by atoms with E-state index in [0.29, 0.717) is 11.7 Å². The number of nitrogens with two attached hydrogens (primary N) is 1. The number of pyridine rings is 1. The molecule has 0 saturated carbocycles. The van der Waals surface area contributed by atoms with Crippen molar-refractivity contribution in [1.82, 2.24) is 9.88 Å². The summed E-state index contributed by atoms with van der Waals surface area (Å²) in [7, 11) is 2.14. The van der Waals surface area contributed by atoms with Crippen LogP contribution in [0.1, 0.15) is 19.0 Å². The molecule has 1 aliphatic heterocycles. The van der Waals surface area contributed by atoms with Crippen LogP contribution in [0.15, 0.2) is 23.4 Å². The zero-order valence-electron chi connectivity index (χ0n) is 11.5. The van der Waals surface area contributed by atoms with Gasteiger partial charge < -0.3 is 20.7 Å². The number of hydrogen-bond donors (Lipinski definition) is 2. The van der Waals surface area contributed by atoms with Gasteiger partial charge in [0.05, 0.1) is 0 Å². The normalized spacial score (nSPS) is 22.3. The second-order valence-electron chi connectivity index (χ2n) is 5.02. The van der Waals surface area contributed by atoms with Crippen molar-refractivity contribution in [3.63, 3.8) is 0 Å². The van der Waals surface area contributed by atoms with Gasteiger partial charge in [0.15, 0.2) is 5.84 Å². The third-order valence-corrected chi connectivity index (χ3v) is 3.45. The molecule has 3 N–H and O–H groups in total. The highest BCUT2D eigenvalue weighted by molar-refractivity contribution is 5.95. The van der Waals surface area contributed by atoms with E-state index in [0.717, 1.165) is 31.9 Å². The molecule has 2 heterocycles. The van der Waals surface area contributed by atoms with Crippen LogP contribution >= 0.6 is 0 Å². The van der Waals surface area contributed by atoms with E-state index in [2.05, 4.69) is 33.9 Å². The molecule has 1 aliphatic rings. The van der Waals surface area contributed by atoms with Gasteiger partial charge in [-0.1, -0.05) is 11.2 Å². The Hall–Kier alpha value is -1.82. The quantitative estimate of drug-likeness (QED) is 0.355. The predicted molar refractivity (Wildman–Crippen MR) is 75.7 cm³/mol. The predicted octanol–water partition coefficient (Wildman–Crippen LogP) is 0.707.